The second-order valence-electron chi connectivity index (χ2n) is 6.32. The molecule has 0 aliphatic heterocycles. The molecule has 0 radical (unpaired) electrons. The van der Waals surface area contributed by atoms with E-state index in [2.05, 4.69) is 51.0 Å². The smallest absolute Gasteiger partial charge is 0.165 e. The molecule has 0 aliphatic carbocycles. The Kier molecular flexibility index (Phi) is 6.20. The Morgan fingerprint density at radius 3 is 2.50 bits per heavy atom. The van der Waals surface area contributed by atoms with E-state index < -0.39 is 0 Å². The molecule has 1 aromatic carbocycles. The molecule has 0 bridgehead atoms. The molecule has 0 amide bonds. The minimum atomic E-state index is 0.668. The second-order valence-corrected chi connectivity index (χ2v) is 7.64. The monoisotopic (exact) mass is 434 g/mol. The molecule has 26 heavy (non-hydrogen) atoms. The van der Waals surface area contributed by atoms with Crippen LogP contribution in [0.5, 0.6) is 0 Å². The summed E-state index contributed by atoms with van der Waals surface area (Å²) in [5.74, 6) is 1.18. The summed E-state index contributed by atoms with van der Waals surface area (Å²) < 4.78 is 3.12. The molecule has 0 N–H and O–H groups in total. The summed E-state index contributed by atoms with van der Waals surface area (Å²) in [6.07, 6.45) is 6.93. The standard InChI is InChI=1S/C20H24BrClN4/c1-4-10-25(11-5-2)20-17(6-3)24-19-18(23-9-12-26(19)20)15-8-7-14(21)13-16(15)22/h7-9,12-13H,4-6,10-11H2,1-3H3. The average molecular weight is 436 g/mol. The van der Waals surface area contributed by atoms with Crippen molar-refractivity contribution >= 4 is 39.0 Å². The van der Waals surface area contributed by atoms with Crippen molar-refractivity contribution in [2.75, 3.05) is 18.0 Å². The van der Waals surface area contributed by atoms with E-state index in [9.17, 15) is 0 Å². The normalized spacial score (nSPS) is 11.3. The molecule has 0 atom stereocenters. The van der Waals surface area contributed by atoms with Crippen molar-refractivity contribution in [2.45, 2.75) is 40.0 Å². The number of imidazole rings is 1. The van der Waals surface area contributed by atoms with Crippen molar-refractivity contribution in [3.63, 3.8) is 0 Å². The van der Waals surface area contributed by atoms with Crippen LogP contribution in [0.4, 0.5) is 5.82 Å². The fourth-order valence-corrected chi connectivity index (χ4v) is 4.08. The molecule has 2 aromatic heterocycles. The van der Waals surface area contributed by atoms with E-state index in [1.807, 2.05) is 30.6 Å². The van der Waals surface area contributed by atoms with Crippen molar-refractivity contribution < 1.29 is 0 Å². The Morgan fingerprint density at radius 1 is 1.15 bits per heavy atom. The van der Waals surface area contributed by atoms with Crippen molar-refractivity contribution in [1.82, 2.24) is 14.4 Å². The SMILES string of the molecule is CCCN(CCC)c1c(CC)nc2c(-c3ccc(Br)cc3Cl)nccn12. The van der Waals surface area contributed by atoms with Gasteiger partial charge >= 0.3 is 0 Å². The third-order valence-corrected chi connectivity index (χ3v) is 5.20. The average Bonchev–Trinajstić information content (AvgIpc) is 3.00. The Balaban J connectivity index is 2.23. The van der Waals surface area contributed by atoms with Crippen LogP contribution >= 0.6 is 27.5 Å². The maximum Gasteiger partial charge on any atom is 0.165 e. The third-order valence-electron chi connectivity index (χ3n) is 4.39. The fourth-order valence-electron chi connectivity index (χ4n) is 3.32. The van der Waals surface area contributed by atoms with E-state index in [0.717, 1.165) is 59.4 Å². The minimum Gasteiger partial charge on any atom is -0.356 e. The lowest BCUT2D eigenvalue weighted by Gasteiger charge is -2.24. The fraction of sp³-hybridized carbons (Fsp3) is 0.400. The summed E-state index contributed by atoms with van der Waals surface area (Å²) in [4.78, 5) is 12.0. The molecule has 138 valence electrons. The Hall–Kier alpha value is -1.59. The van der Waals surface area contributed by atoms with Gasteiger partial charge in [-0.25, -0.2) is 4.98 Å². The Bertz CT molecular complexity index is 900. The zero-order chi connectivity index (χ0) is 18.7. The Morgan fingerprint density at radius 2 is 1.88 bits per heavy atom. The van der Waals surface area contributed by atoms with Gasteiger partial charge in [0, 0.05) is 35.5 Å². The molecule has 0 saturated heterocycles. The predicted octanol–water partition coefficient (Wildman–Crippen LogP) is 6.00. The summed E-state index contributed by atoms with van der Waals surface area (Å²) in [5.41, 5.74) is 3.69. The van der Waals surface area contributed by atoms with Crippen LogP contribution in [0.2, 0.25) is 5.02 Å². The molecule has 6 heteroatoms. The molecular weight excluding hydrogens is 412 g/mol. The number of aromatic nitrogens is 3. The number of rotatable bonds is 7. The quantitative estimate of drug-likeness (QED) is 0.456. The van der Waals surface area contributed by atoms with Crippen molar-refractivity contribution in [1.29, 1.82) is 0 Å². The first-order chi connectivity index (χ1) is 12.6. The number of hydrogen-bond donors (Lipinski definition) is 0. The topological polar surface area (TPSA) is 33.4 Å². The first-order valence-electron chi connectivity index (χ1n) is 9.16. The molecule has 3 aromatic rings. The van der Waals surface area contributed by atoms with Crippen molar-refractivity contribution in [2.24, 2.45) is 0 Å². The van der Waals surface area contributed by atoms with Crippen LogP contribution in [-0.2, 0) is 6.42 Å². The number of hydrogen-bond acceptors (Lipinski definition) is 3. The minimum absolute atomic E-state index is 0.668. The third kappa shape index (κ3) is 3.60. The van der Waals surface area contributed by atoms with Gasteiger partial charge in [0.2, 0.25) is 0 Å². The lowest BCUT2D eigenvalue weighted by Crippen LogP contribution is -2.27. The number of benzene rings is 1. The molecule has 2 heterocycles. The molecule has 0 unspecified atom stereocenters. The lowest BCUT2D eigenvalue weighted by molar-refractivity contribution is 0.725. The van der Waals surface area contributed by atoms with E-state index in [1.54, 1.807) is 0 Å². The number of aryl methyl sites for hydroxylation is 1. The first kappa shape index (κ1) is 19.2. The molecular formula is C20H24BrClN4. The number of anilines is 1. The summed E-state index contributed by atoms with van der Waals surface area (Å²) >= 11 is 9.96. The number of nitrogens with zero attached hydrogens (tertiary/aromatic N) is 4. The number of fused-ring (bicyclic) bond motifs is 1. The highest BCUT2D eigenvalue weighted by Crippen LogP contribution is 2.34. The van der Waals surface area contributed by atoms with Crippen LogP contribution < -0.4 is 4.90 Å². The van der Waals surface area contributed by atoms with Crippen LogP contribution in [0.1, 0.15) is 39.3 Å². The maximum absolute atomic E-state index is 6.49. The summed E-state index contributed by atoms with van der Waals surface area (Å²) in [5, 5.41) is 0.668. The number of halogens is 2. The van der Waals surface area contributed by atoms with E-state index in [1.165, 1.54) is 5.82 Å². The van der Waals surface area contributed by atoms with Crippen LogP contribution in [0, 0.1) is 0 Å². The second kappa shape index (κ2) is 8.40. The molecule has 0 fully saturated rings. The van der Waals surface area contributed by atoms with Crippen LogP contribution in [0.3, 0.4) is 0 Å². The van der Waals surface area contributed by atoms with Gasteiger partial charge < -0.3 is 4.90 Å². The largest absolute Gasteiger partial charge is 0.356 e. The Labute approximate surface area is 168 Å². The van der Waals surface area contributed by atoms with Gasteiger partial charge in [-0.1, -0.05) is 54.4 Å². The van der Waals surface area contributed by atoms with Crippen molar-refractivity contribution in [3.05, 3.63) is 45.8 Å². The van der Waals surface area contributed by atoms with Crippen LogP contribution in [-0.4, -0.2) is 27.5 Å². The molecule has 3 rings (SSSR count). The van der Waals surface area contributed by atoms with Gasteiger partial charge in [-0.3, -0.25) is 9.38 Å². The van der Waals surface area contributed by atoms with Crippen LogP contribution in [0.25, 0.3) is 16.9 Å². The molecule has 0 saturated carbocycles. The summed E-state index contributed by atoms with van der Waals surface area (Å²) in [7, 11) is 0. The molecule has 4 nitrogen and oxygen atoms in total. The van der Waals surface area contributed by atoms with Crippen molar-refractivity contribution in [3.8, 4) is 11.3 Å². The van der Waals surface area contributed by atoms with E-state index in [4.69, 9.17) is 16.6 Å². The first-order valence-corrected chi connectivity index (χ1v) is 10.3. The van der Waals surface area contributed by atoms with Gasteiger partial charge in [-0.05, 0) is 31.4 Å². The summed E-state index contributed by atoms with van der Waals surface area (Å²) in [6, 6.07) is 5.87. The van der Waals surface area contributed by atoms with Gasteiger partial charge in [0.05, 0.1) is 10.7 Å². The highest BCUT2D eigenvalue weighted by molar-refractivity contribution is 9.10. The van der Waals surface area contributed by atoms with Gasteiger partial charge in [-0.2, -0.15) is 0 Å². The van der Waals surface area contributed by atoms with Gasteiger partial charge in [0.15, 0.2) is 5.65 Å². The predicted molar refractivity (Wildman–Crippen MR) is 113 cm³/mol. The highest BCUT2D eigenvalue weighted by atomic mass is 79.9. The zero-order valence-corrected chi connectivity index (χ0v) is 17.8. The lowest BCUT2D eigenvalue weighted by atomic mass is 10.1. The van der Waals surface area contributed by atoms with E-state index in [-0.39, 0.29) is 0 Å². The molecule has 0 spiro atoms. The van der Waals surface area contributed by atoms with Gasteiger partial charge in [0.25, 0.3) is 0 Å². The maximum atomic E-state index is 6.49. The van der Waals surface area contributed by atoms with Gasteiger partial charge in [-0.15, -0.1) is 0 Å². The zero-order valence-electron chi connectivity index (χ0n) is 15.5. The van der Waals surface area contributed by atoms with E-state index >= 15 is 0 Å². The van der Waals surface area contributed by atoms with Gasteiger partial charge in [0.1, 0.15) is 11.5 Å². The van der Waals surface area contributed by atoms with E-state index in [0.29, 0.717) is 5.02 Å². The molecule has 0 aliphatic rings. The van der Waals surface area contributed by atoms with Crippen LogP contribution in [0.15, 0.2) is 35.1 Å². The highest BCUT2D eigenvalue weighted by Gasteiger charge is 2.20. The summed E-state index contributed by atoms with van der Waals surface area (Å²) in [6.45, 7) is 8.62.